The van der Waals surface area contributed by atoms with Crippen LogP contribution in [-0.4, -0.2) is 12.4 Å². The predicted octanol–water partition coefficient (Wildman–Crippen LogP) is 1.16. The molecule has 2 N–H and O–H groups in total. The predicted molar refractivity (Wildman–Crippen MR) is 39.5 cm³/mol. The summed E-state index contributed by atoms with van der Waals surface area (Å²) >= 11 is 0. The van der Waals surface area contributed by atoms with Crippen LogP contribution in [0.25, 0.3) is 0 Å². The number of hydrogen-bond acceptors (Lipinski definition) is 1. The van der Waals surface area contributed by atoms with E-state index in [1.165, 1.54) is 19.3 Å². The molecular formula is C7H14N2. The molecule has 1 aliphatic carbocycles. The third kappa shape index (κ3) is 3.12. The number of nitrogens with zero attached hydrogens (tertiary/aromatic N) is 1. The summed E-state index contributed by atoms with van der Waals surface area (Å²) in [7, 11) is 0. The SMILES string of the molecule is CC(N)=NCCC1CC1. The molecule has 0 amide bonds. The molecule has 9 heavy (non-hydrogen) atoms. The van der Waals surface area contributed by atoms with Gasteiger partial charge in [-0.2, -0.15) is 0 Å². The molecule has 2 nitrogen and oxygen atoms in total. The van der Waals surface area contributed by atoms with Crippen LogP contribution in [0, 0.1) is 5.92 Å². The lowest BCUT2D eigenvalue weighted by atomic mass is 10.3. The van der Waals surface area contributed by atoms with Gasteiger partial charge in [0.05, 0.1) is 5.84 Å². The van der Waals surface area contributed by atoms with Crippen LogP contribution in [0.5, 0.6) is 0 Å². The molecule has 0 atom stereocenters. The van der Waals surface area contributed by atoms with Crippen molar-refractivity contribution in [3.05, 3.63) is 0 Å². The number of hydrogen-bond donors (Lipinski definition) is 1. The number of amidine groups is 1. The highest BCUT2D eigenvalue weighted by molar-refractivity contribution is 5.77. The fourth-order valence-corrected chi connectivity index (χ4v) is 0.830. The molecule has 0 aromatic carbocycles. The minimum atomic E-state index is 0.718. The molecule has 1 fully saturated rings. The lowest BCUT2D eigenvalue weighted by Gasteiger charge is -1.91. The fraction of sp³-hybridized carbons (Fsp3) is 0.857. The van der Waals surface area contributed by atoms with E-state index in [0.29, 0.717) is 0 Å². The third-order valence-corrected chi connectivity index (χ3v) is 1.60. The molecule has 0 bridgehead atoms. The highest BCUT2D eigenvalue weighted by atomic mass is 14.8. The largest absolute Gasteiger partial charge is 0.388 e. The van der Waals surface area contributed by atoms with Crippen molar-refractivity contribution in [2.24, 2.45) is 16.6 Å². The van der Waals surface area contributed by atoms with Crippen molar-refractivity contribution in [2.45, 2.75) is 26.2 Å². The minimum Gasteiger partial charge on any atom is -0.388 e. The topological polar surface area (TPSA) is 38.4 Å². The first kappa shape index (κ1) is 6.59. The summed E-state index contributed by atoms with van der Waals surface area (Å²) in [5.41, 5.74) is 5.35. The Morgan fingerprint density at radius 2 is 2.33 bits per heavy atom. The molecule has 0 aromatic heterocycles. The highest BCUT2D eigenvalue weighted by Gasteiger charge is 2.19. The van der Waals surface area contributed by atoms with Crippen LogP contribution in [0.15, 0.2) is 4.99 Å². The summed E-state index contributed by atoms with van der Waals surface area (Å²) in [6, 6.07) is 0. The Balaban J connectivity index is 1.97. The second-order valence-electron chi connectivity index (χ2n) is 2.76. The maximum atomic E-state index is 5.35. The molecule has 0 radical (unpaired) electrons. The van der Waals surface area contributed by atoms with Crippen molar-refractivity contribution in [3.8, 4) is 0 Å². The lowest BCUT2D eigenvalue weighted by Crippen LogP contribution is -2.05. The Morgan fingerprint density at radius 3 is 2.78 bits per heavy atom. The quantitative estimate of drug-likeness (QED) is 0.447. The summed E-state index contributed by atoms with van der Waals surface area (Å²) < 4.78 is 0. The third-order valence-electron chi connectivity index (χ3n) is 1.60. The molecule has 1 rings (SSSR count). The molecule has 1 saturated carbocycles. The first-order valence-electron chi connectivity index (χ1n) is 3.55. The molecule has 2 heteroatoms. The van der Waals surface area contributed by atoms with E-state index in [9.17, 15) is 0 Å². The Hall–Kier alpha value is -0.530. The zero-order valence-corrected chi connectivity index (χ0v) is 5.93. The molecule has 0 heterocycles. The Morgan fingerprint density at radius 1 is 1.67 bits per heavy atom. The second-order valence-corrected chi connectivity index (χ2v) is 2.76. The van der Waals surface area contributed by atoms with E-state index >= 15 is 0 Å². The van der Waals surface area contributed by atoms with Gasteiger partial charge in [-0.25, -0.2) is 0 Å². The van der Waals surface area contributed by atoms with Gasteiger partial charge in [0.2, 0.25) is 0 Å². The van der Waals surface area contributed by atoms with Gasteiger partial charge in [-0.1, -0.05) is 12.8 Å². The smallest absolute Gasteiger partial charge is 0.0905 e. The standard InChI is InChI=1S/C7H14N2/c1-6(8)9-5-4-7-2-3-7/h7H,2-5H2,1H3,(H2,8,9). The first-order chi connectivity index (χ1) is 4.29. The van der Waals surface area contributed by atoms with Crippen molar-refractivity contribution in [1.29, 1.82) is 0 Å². The van der Waals surface area contributed by atoms with Crippen LogP contribution < -0.4 is 5.73 Å². The normalized spacial score (nSPS) is 20.3. The van der Waals surface area contributed by atoms with Crippen molar-refractivity contribution < 1.29 is 0 Å². The lowest BCUT2D eigenvalue weighted by molar-refractivity contribution is 0.739. The Bertz CT molecular complexity index is 110. The van der Waals surface area contributed by atoms with Crippen LogP contribution in [0.1, 0.15) is 26.2 Å². The van der Waals surface area contributed by atoms with Gasteiger partial charge in [0.25, 0.3) is 0 Å². The summed E-state index contributed by atoms with van der Waals surface area (Å²) in [6.07, 6.45) is 4.08. The van der Waals surface area contributed by atoms with Gasteiger partial charge >= 0.3 is 0 Å². The van der Waals surface area contributed by atoms with E-state index in [1.807, 2.05) is 6.92 Å². The van der Waals surface area contributed by atoms with Crippen LogP contribution in [0.4, 0.5) is 0 Å². The Labute approximate surface area is 56.2 Å². The molecule has 52 valence electrons. The summed E-state index contributed by atoms with van der Waals surface area (Å²) in [6.45, 7) is 2.78. The van der Waals surface area contributed by atoms with Crippen molar-refractivity contribution in [1.82, 2.24) is 0 Å². The molecule has 1 aliphatic rings. The zero-order valence-electron chi connectivity index (χ0n) is 5.93. The van der Waals surface area contributed by atoms with E-state index in [2.05, 4.69) is 4.99 Å². The zero-order chi connectivity index (χ0) is 6.69. The fourth-order valence-electron chi connectivity index (χ4n) is 0.830. The van der Waals surface area contributed by atoms with Gasteiger partial charge in [0.1, 0.15) is 0 Å². The molecule has 0 spiro atoms. The van der Waals surface area contributed by atoms with Crippen LogP contribution >= 0.6 is 0 Å². The Kier molecular flexibility index (Phi) is 2.09. The van der Waals surface area contributed by atoms with Gasteiger partial charge in [-0.3, -0.25) is 4.99 Å². The number of rotatable bonds is 3. The summed E-state index contributed by atoms with van der Waals surface area (Å²) in [4.78, 5) is 4.10. The maximum Gasteiger partial charge on any atom is 0.0905 e. The average Bonchev–Trinajstić information content (AvgIpc) is 2.48. The molecular weight excluding hydrogens is 112 g/mol. The van der Waals surface area contributed by atoms with Crippen molar-refractivity contribution in [2.75, 3.05) is 6.54 Å². The van der Waals surface area contributed by atoms with Gasteiger partial charge in [-0.05, 0) is 19.3 Å². The minimum absolute atomic E-state index is 0.718. The molecule has 0 aliphatic heterocycles. The van der Waals surface area contributed by atoms with Crippen LogP contribution in [0.3, 0.4) is 0 Å². The van der Waals surface area contributed by atoms with Crippen LogP contribution in [-0.2, 0) is 0 Å². The average molecular weight is 126 g/mol. The van der Waals surface area contributed by atoms with E-state index in [-0.39, 0.29) is 0 Å². The number of aliphatic imine (C=N–C) groups is 1. The van der Waals surface area contributed by atoms with Gasteiger partial charge in [0, 0.05) is 6.54 Å². The molecule has 0 saturated heterocycles. The van der Waals surface area contributed by atoms with Crippen molar-refractivity contribution >= 4 is 5.84 Å². The van der Waals surface area contributed by atoms with Gasteiger partial charge in [-0.15, -0.1) is 0 Å². The second kappa shape index (κ2) is 2.85. The maximum absolute atomic E-state index is 5.35. The monoisotopic (exact) mass is 126 g/mol. The first-order valence-corrected chi connectivity index (χ1v) is 3.55. The van der Waals surface area contributed by atoms with Gasteiger partial charge in [0.15, 0.2) is 0 Å². The van der Waals surface area contributed by atoms with E-state index in [1.54, 1.807) is 0 Å². The highest BCUT2D eigenvalue weighted by Crippen LogP contribution is 2.31. The number of nitrogens with two attached hydrogens (primary N) is 1. The van der Waals surface area contributed by atoms with E-state index < -0.39 is 0 Å². The summed E-state index contributed by atoms with van der Waals surface area (Å²) in [5, 5.41) is 0. The van der Waals surface area contributed by atoms with Crippen LogP contribution in [0.2, 0.25) is 0 Å². The van der Waals surface area contributed by atoms with Crippen molar-refractivity contribution in [3.63, 3.8) is 0 Å². The molecule has 0 aromatic rings. The van der Waals surface area contributed by atoms with E-state index in [4.69, 9.17) is 5.73 Å². The van der Waals surface area contributed by atoms with Gasteiger partial charge < -0.3 is 5.73 Å². The summed E-state index contributed by atoms with van der Waals surface area (Å²) in [5.74, 6) is 1.70. The van der Waals surface area contributed by atoms with E-state index in [0.717, 1.165) is 18.3 Å². The molecule has 0 unspecified atom stereocenters.